The van der Waals surface area contributed by atoms with Crippen LogP contribution in [0.25, 0.3) is 16.9 Å². The summed E-state index contributed by atoms with van der Waals surface area (Å²) in [7, 11) is 2.08. The largest absolute Gasteiger partial charge is 0.473 e. The molecule has 0 spiro atoms. The number of aromatic nitrogens is 6. The monoisotopic (exact) mass is 446 g/mol. The summed E-state index contributed by atoms with van der Waals surface area (Å²) >= 11 is 5.87. The van der Waals surface area contributed by atoms with Crippen molar-refractivity contribution in [3.05, 3.63) is 18.6 Å². The summed E-state index contributed by atoms with van der Waals surface area (Å²) < 4.78 is 7.87. The highest BCUT2D eigenvalue weighted by Crippen LogP contribution is 2.30. The van der Waals surface area contributed by atoms with E-state index in [1.807, 2.05) is 13.8 Å². The van der Waals surface area contributed by atoms with Gasteiger partial charge >= 0.3 is 0 Å². The molecule has 0 radical (unpaired) electrons. The van der Waals surface area contributed by atoms with Crippen molar-refractivity contribution in [2.24, 2.45) is 5.92 Å². The summed E-state index contributed by atoms with van der Waals surface area (Å²) in [5.41, 5.74) is 2.20. The SMILES string of the molecule is CC(C)Oc1c(-c2cn[nH]c2)ncc2nc(N(C)[C@H]3CCN(CCCCl)C[C@H]3C)nn12. The molecule has 0 bridgehead atoms. The molecule has 9 nitrogen and oxygen atoms in total. The van der Waals surface area contributed by atoms with E-state index in [4.69, 9.17) is 26.4 Å². The number of nitrogens with one attached hydrogen (secondary N) is 1. The molecule has 1 N–H and O–H groups in total. The van der Waals surface area contributed by atoms with Gasteiger partial charge < -0.3 is 14.5 Å². The molecule has 0 aliphatic carbocycles. The second kappa shape index (κ2) is 9.40. The van der Waals surface area contributed by atoms with Crippen LogP contribution >= 0.6 is 11.6 Å². The summed E-state index contributed by atoms with van der Waals surface area (Å²) in [5, 5.41) is 11.7. The highest BCUT2D eigenvalue weighted by molar-refractivity contribution is 6.17. The normalized spacial score (nSPS) is 19.9. The number of alkyl halides is 1. The summed E-state index contributed by atoms with van der Waals surface area (Å²) in [6, 6.07) is 0.375. The Kier molecular flexibility index (Phi) is 6.62. The number of rotatable bonds is 8. The first-order chi connectivity index (χ1) is 15.0. The van der Waals surface area contributed by atoms with Crippen LogP contribution in [0, 0.1) is 5.92 Å². The lowest BCUT2D eigenvalue weighted by Gasteiger charge is -2.40. The second-order valence-electron chi connectivity index (χ2n) is 8.53. The van der Waals surface area contributed by atoms with Crippen molar-refractivity contribution in [3.8, 4) is 17.1 Å². The van der Waals surface area contributed by atoms with E-state index in [9.17, 15) is 0 Å². The number of hydrogen-bond donors (Lipinski definition) is 1. The Morgan fingerprint density at radius 1 is 1.35 bits per heavy atom. The third-order valence-electron chi connectivity index (χ3n) is 5.81. The zero-order valence-electron chi connectivity index (χ0n) is 18.6. The molecule has 1 aliphatic heterocycles. The van der Waals surface area contributed by atoms with E-state index in [-0.39, 0.29) is 6.10 Å². The zero-order valence-corrected chi connectivity index (χ0v) is 19.4. The zero-order chi connectivity index (χ0) is 22.0. The molecule has 31 heavy (non-hydrogen) atoms. The summed E-state index contributed by atoms with van der Waals surface area (Å²) in [6.07, 6.45) is 7.34. The number of hydrogen-bond acceptors (Lipinski definition) is 7. The van der Waals surface area contributed by atoms with E-state index in [1.54, 1.807) is 23.1 Å². The van der Waals surface area contributed by atoms with E-state index in [1.165, 1.54) is 0 Å². The fraction of sp³-hybridized carbons (Fsp3) is 0.619. The maximum atomic E-state index is 6.11. The van der Waals surface area contributed by atoms with Crippen LogP contribution in [0.15, 0.2) is 18.6 Å². The molecule has 0 aromatic carbocycles. The molecule has 0 saturated carbocycles. The number of halogens is 1. The fourth-order valence-corrected chi connectivity index (χ4v) is 4.43. The van der Waals surface area contributed by atoms with Crippen LogP contribution in [0.5, 0.6) is 5.88 Å². The van der Waals surface area contributed by atoms with Gasteiger partial charge in [0.2, 0.25) is 11.8 Å². The standard InChI is InChI=1S/C21H31ClN8O/c1-14(2)31-20-19(16-10-24-25-11-16)23-12-18-26-21(27-30(18)20)28(4)17-6-9-29(8-5-7-22)13-15(17)3/h10-12,14-15,17H,5-9,13H2,1-4H3,(H,24,25)/t15-,17+/m1/s1. The molecule has 0 unspecified atom stereocenters. The Balaban J connectivity index is 1.61. The number of nitrogens with zero attached hydrogens (tertiary/aromatic N) is 7. The Labute approximate surface area is 187 Å². The summed E-state index contributed by atoms with van der Waals surface area (Å²) in [5.74, 6) is 2.48. The molecular formula is C21H31ClN8O. The molecule has 4 heterocycles. The molecule has 10 heteroatoms. The van der Waals surface area contributed by atoms with Gasteiger partial charge in [-0.05, 0) is 39.2 Å². The highest BCUT2D eigenvalue weighted by atomic mass is 35.5. The quantitative estimate of drug-likeness (QED) is 0.532. The number of ether oxygens (including phenoxy) is 1. The van der Waals surface area contributed by atoms with Gasteiger partial charge in [-0.2, -0.15) is 14.6 Å². The van der Waals surface area contributed by atoms with Gasteiger partial charge in [-0.3, -0.25) is 5.10 Å². The second-order valence-corrected chi connectivity index (χ2v) is 8.91. The van der Waals surface area contributed by atoms with Gasteiger partial charge in [-0.25, -0.2) is 4.98 Å². The molecule has 3 aromatic rings. The molecule has 2 atom stereocenters. The van der Waals surface area contributed by atoms with Gasteiger partial charge in [-0.15, -0.1) is 16.7 Å². The molecule has 3 aromatic heterocycles. The van der Waals surface area contributed by atoms with Crippen molar-refractivity contribution in [1.29, 1.82) is 0 Å². The van der Waals surface area contributed by atoms with E-state index in [0.29, 0.717) is 35.1 Å². The molecular weight excluding hydrogens is 416 g/mol. The Bertz CT molecular complexity index is 989. The van der Waals surface area contributed by atoms with Crippen molar-refractivity contribution >= 4 is 23.2 Å². The average molecular weight is 447 g/mol. The van der Waals surface area contributed by atoms with Crippen LogP contribution in [-0.4, -0.2) is 79.4 Å². The predicted molar refractivity (Wildman–Crippen MR) is 122 cm³/mol. The van der Waals surface area contributed by atoms with Crippen LogP contribution < -0.4 is 9.64 Å². The molecule has 1 fully saturated rings. The van der Waals surface area contributed by atoms with Crippen molar-refractivity contribution in [1.82, 2.24) is 34.7 Å². The van der Waals surface area contributed by atoms with Gasteiger partial charge in [0.25, 0.3) is 0 Å². The first-order valence-electron chi connectivity index (χ1n) is 10.9. The first kappa shape index (κ1) is 21.8. The van der Waals surface area contributed by atoms with Crippen LogP contribution in [0.1, 0.15) is 33.6 Å². The third-order valence-corrected chi connectivity index (χ3v) is 6.08. The fourth-order valence-electron chi connectivity index (χ4n) is 4.31. The topological polar surface area (TPSA) is 87.5 Å². The molecule has 168 valence electrons. The highest BCUT2D eigenvalue weighted by Gasteiger charge is 2.31. The third kappa shape index (κ3) is 4.62. The minimum Gasteiger partial charge on any atom is -0.473 e. The number of piperidine rings is 1. The molecule has 1 saturated heterocycles. The van der Waals surface area contributed by atoms with E-state index < -0.39 is 0 Å². The van der Waals surface area contributed by atoms with Crippen molar-refractivity contribution < 1.29 is 4.74 Å². The van der Waals surface area contributed by atoms with E-state index >= 15 is 0 Å². The van der Waals surface area contributed by atoms with Crippen LogP contribution in [0.2, 0.25) is 0 Å². The lowest BCUT2D eigenvalue weighted by molar-refractivity contribution is 0.162. The number of aromatic amines is 1. The van der Waals surface area contributed by atoms with Crippen LogP contribution in [-0.2, 0) is 0 Å². The van der Waals surface area contributed by atoms with Crippen molar-refractivity contribution in [2.45, 2.75) is 45.8 Å². The molecule has 1 aliphatic rings. The van der Waals surface area contributed by atoms with Crippen molar-refractivity contribution in [2.75, 3.05) is 37.5 Å². The maximum Gasteiger partial charge on any atom is 0.245 e. The van der Waals surface area contributed by atoms with Crippen LogP contribution in [0.3, 0.4) is 0 Å². The lowest BCUT2D eigenvalue weighted by atomic mass is 9.93. The van der Waals surface area contributed by atoms with Gasteiger partial charge in [0.1, 0.15) is 5.69 Å². The number of anilines is 1. The average Bonchev–Trinajstić information content (AvgIpc) is 3.42. The first-order valence-corrected chi connectivity index (χ1v) is 11.4. The lowest BCUT2D eigenvalue weighted by Crippen LogP contribution is -2.49. The smallest absolute Gasteiger partial charge is 0.245 e. The Morgan fingerprint density at radius 2 is 2.19 bits per heavy atom. The van der Waals surface area contributed by atoms with Crippen LogP contribution in [0.4, 0.5) is 5.95 Å². The minimum atomic E-state index is -0.0271. The predicted octanol–water partition coefficient (Wildman–Crippen LogP) is 3.08. The Morgan fingerprint density at radius 3 is 2.87 bits per heavy atom. The summed E-state index contributed by atoms with van der Waals surface area (Å²) in [6.45, 7) is 9.47. The van der Waals surface area contributed by atoms with Crippen molar-refractivity contribution in [3.63, 3.8) is 0 Å². The van der Waals surface area contributed by atoms with E-state index in [2.05, 4.69) is 39.0 Å². The Hall–Kier alpha value is -2.39. The van der Waals surface area contributed by atoms with E-state index in [0.717, 1.165) is 43.9 Å². The van der Waals surface area contributed by atoms with Gasteiger partial charge in [0.05, 0.1) is 18.5 Å². The molecule has 4 rings (SSSR count). The van der Waals surface area contributed by atoms with Gasteiger partial charge in [0, 0.05) is 43.8 Å². The number of H-pyrrole nitrogens is 1. The minimum absolute atomic E-state index is 0.0271. The summed E-state index contributed by atoms with van der Waals surface area (Å²) in [4.78, 5) is 14.1. The number of likely N-dealkylation sites (tertiary alicyclic amines) is 1. The molecule has 0 amide bonds. The maximum absolute atomic E-state index is 6.11. The number of fused-ring (bicyclic) bond motifs is 1. The van der Waals surface area contributed by atoms with Gasteiger partial charge in [0.15, 0.2) is 5.65 Å². The van der Waals surface area contributed by atoms with Gasteiger partial charge in [-0.1, -0.05) is 6.92 Å².